The maximum Gasteiger partial charge on any atom is 0.416 e. The molecule has 2 aromatic rings. The van der Waals surface area contributed by atoms with Crippen molar-refractivity contribution in [2.24, 2.45) is 0 Å². The molecular formula is C19H17F4N3O2. The average molecular weight is 395 g/mol. The Kier molecular flexibility index (Phi) is 4.41. The molecule has 2 atom stereocenters. The van der Waals surface area contributed by atoms with Gasteiger partial charge in [-0.1, -0.05) is 6.07 Å². The summed E-state index contributed by atoms with van der Waals surface area (Å²) >= 11 is 0. The fraction of sp³-hybridized carbons (Fsp3) is 0.316. The van der Waals surface area contributed by atoms with E-state index < -0.39 is 23.5 Å². The standard InChI is InChI=1S/C19H17F4N3O2/c20-17-8-13(4-5-16(17)18(27)24-28)26-10-14-7-15(26)9-25(14)12-3-1-2-11(6-12)19(21,22)23/h1-6,8,14-15,28H,7,9-10H2,(H,24,27)/t14-,15+/m1/s1. The van der Waals surface area contributed by atoms with Crippen LogP contribution < -0.4 is 15.3 Å². The van der Waals surface area contributed by atoms with Crippen LogP contribution in [0.1, 0.15) is 22.3 Å². The van der Waals surface area contributed by atoms with Gasteiger partial charge in [0.1, 0.15) is 5.82 Å². The summed E-state index contributed by atoms with van der Waals surface area (Å²) in [6, 6.07) is 9.48. The fourth-order valence-electron chi connectivity index (χ4n) is 4.09. The summed E-state index contributed by atoms with van der Waals surface area (Å²) in [5.41, 5.74) is 1.59. The molecule has 2 aliphatic rings. The molecule has 1 amide bonds. The Morgan fingerprint density at radius 1 is 1.04 bits per heavy atom. The van der Waals surface area contributed by atoms with E-state index in [-0.39, 0.29) is 17.6 Å². The molecule has 28 heavy (non-hydrogen) atoms. The van der Waals surface area contributed by atoms with Gasteiger partial charge in [-0.2, -0.15) is 13.2 Å². The van der Waals surface area contributed by atoms with E-state index in [9.17, 15) is 22.4 Å². The van der Waals surface area contributed by atoms with Gasteiger partial charge in [0.15, 0.2) is 0 Å². The predicted molar refractivity (Wildman–Crippen MR) is 94.0 cm³/mol. The number of carbonyl (C=O) groups is 1. The largest absolute Gasteiger partial charge is 0.416 e. The lowest BCUT2D eigenvalue weighted by Crippen LogP contribution is -2.46. The predicted octanol–water partition coefficient (Wildman–Crippen LogP) is 3.43. The molecular weight excluding hydrogens is 378 g/mol. The van der Waals surface area contributed by atoms with E-state index in [1.807, 2.05) is 9.80 Å². The van der Waals surface area contributed by atoms with Crippen LogP contribution in [0.2, 0.25) is 0 Å². The first-order chi connectivity index (χ1) is 13.3. The van der Waals surface area contributed by atoms with Crippen LogP contribution in [0.25, 0.3) is 0 Å². The number of nitrogens with one attached hydrogen (secondary N) is 1. The maximum atomic E-state index is 14.2. The molecule has 2 aliphatic heterocycles. The number of benzene rings is 2. The van der Waals surface area contributed by atoms with E-state index in [4.69, 9.17) is 5.21 Å². The molecule has 0 aliphatic carbocycles. The number of piperazine rings is 1. The molecule has 0 spiro atoms. The number of hydroxylamine groups is 1. The number of alkyl halides is 3. The van der Waals surface area contributed by atoms with Crippen molar-refractivity contribution in [3.8, 4) is 0 Å². The Hall–Kier alpha value is -2.81. The number of halogens is 4. The summed E-state index contributed by atoms with van der Waals surface area (Å²) in [4.78, 5) is 15.3. The molecule has 0 saturated carbocycles. The smallest absolute Gasteiger partial charge is 0.365 e. The average Bonchev–Trinajstić information content (AvgIpc) is 3.27. The first-order valence-corrected chi connectivity index (χ1v) is 8.72. The van der Waals surface area contributed by atoms with Gasteiger partial charge in [-0.05, 0) is 42.8 Å². The highest BCUT2D eigenvalue weighted by atomic mass is 19.4. The van der Waals surface area contributed by atoms with E-state index in [0.29, 0.717) is 24.5 Å². The maximum absolute atomic E-state index is 14.2. The Morgan fingerprint density at radius 3 is 2.21 bits per heavy atom. The summed E-state index contributed by atoms with van der Waals surface area (Å²) in [5, 5.41) is 8.63. The summed E-state index contributed by atoms with van der Waals surface area (Å²) in [5.74, 6) is -1.68. The summed E-state index contributed by atoms with van der Waals surface area (Å²) < 4.78 is 53.1. The summed E-state index contributed by atoms with van der Waals surface area (Å²) in [6.07, 6.45) is -3.63. The third-order valence-corrected chi connectivity index (χ3v) is 5.38. The van der Waals surface area contributed by atoms with Crippen LogP contribution in [0.5, 0.6) is 0 Å². The zero-order chi connectivity index (χ0) is 20.1. The Labute approximate surface area is 158 Å². The van der Waals surface area contributed by atoms with Gasteiger partial charge in [0.25, 0.3) is 5.91 Å². The second-order valence-corrected chi connectivity index (χ2v) is 7.00. The minimum Gasteiger partial charge on any atom is -0.365 e. The lowest BCUT2D eigenvalue weighted by atomic mass is 10.1. The fourth-order valence-corrected chi connectivity index (χ4v) is 4.09. The third kappa shape index (κ3) is 3.15. The Bertz CT molecular complexity index is 918. The highest BCUT2D eigenvalue weighted by molar-refractivity contribution is 5.94. The molecule has 0 aromatic heterocycles. The van der Waals surface area contributed by atoms with Gasteiger partial charge in [-0.3, -0.25) is 10.0 Å². The van der Waals surface area contributed by atoms with Crippen molar-refractivity contribution in [2.75, 3.05) is 22.9 Å². The molecule has 2 bridgehead atoms. The van der Waals surface area contributed by atoms with Crippen LogP contribution >= 0.6 is 0 Å². The molecule has 2 heterocycles. The number of anilines is 2. The SMILES string of the molecule is O=C(NO)c1ccc(N2C[C@H]3C[C@H]2CN3c2cccc(C(F)(F)F)c2)cc1F. The highest BCUT2D eigenvalue weighted by Crippen LogP contribution is 2.39. The van der Waals surface area contributed by atoms with Crippen molar-refractivity contribution >= 4 is 17.3 Å². The molecule has 2 fully saturated rings. The number of nitrogens with zero attached hydrogens (tertiary/aromatic N) is 2. The van der Waals surface area contributed by atoms with Crippen LogP contribution in [-0.2, 0) is 6.18 Å². The highest BCUT2D eigenvalue weighted by Gasteiger charge is 2.44. The Morgan fingerprint density at radius 2 is 1.68 bits per heavy atom. The van der Waals surface area contributed by atoms with Gasteiger partial charge in [0.05, 0.1) is 11.1 Å². The minimum atomic E-state index is -4.39. The van der Waals surface area contributed by atoms with Crippen molar-refractivity contribution in [2.45, 2.75) is 24.7 Å². The van der Waals surface area contributed by atoms with E-state index in [0.717, 1.165) is 18.6 Å². The number of fused-ring (bicyclic) bond motifs is 2. The second kappa shape index (κ2) is 6.66. The van der Waals surface area contributed by atoms with Crippen molar-refractivity contribution < 1.29 is 27.6 Å². The van der Waals surface area contributed by atoms with E-state index >= 15 is 0 Å². The van der Waals surface area contributed by atoms with Crippen LogP contribution in [-0.4, -0.2) is 36.3 Å². The van der Waals surface area contributed by atoms with Crippen LogP contribution in [0.3, 0.4) is 0 Å². The van der Waals surface area contributed by atoms with E-state index in [1.54, 1.807) is 12.1 Å². The summed E-state index contributed by atoms with van der Waals surface area (Å²) in [7, 11) is 0. The van der Waals surface area contributed by atoms with Gasteiger partial charge in [0.2, 0.25) is 0 Å². The van der Waals surface area contributed by atoms with Crippen LogP contribution in [0.4, 0.5) is 28.9 Å². The molecule has 2 aromatic carbocycles. The van der Waals surface area contributed by atoms with Crippen molar-refractivity contribution in [1.82, 2.24) is 5.48 Å². The zero-order valence-corrected chi connectivity index (χ0v) is 14.6. The molecule has 2 saturated heterocycles. The molecule has 0 unspecified atom stereocenters. The van der Waals surface area contributed by atoms with Crippen molar-refractivity contribution in [3.05, 3.63) is 59.4 Å². The van der Waals surface area contributed by atoms with E-state index in [1.165, 1.54) is 23.7 Å². The lowest BCUT2D eigenvalue weighted by Gasteiger charge is -2.37. The van der Waals surface area contributed by atoms with Gasteiger partial charge < -0.3 is 9.80 Å². The number of carbonyl (C=O) groups excluding carboxylic acids is 1. The number of hydrogen-bond acceptors (Lipinski definition) is 4. The third-order valence-electron chi connectivity index (χ3n) is 5.38. The zero-order valence-electron chi connectivity index (χ0n) is 14.6. The molecule has 148 valence electrons. The van der Waals surface area contributed by atoms with Crippen molar-refractivity contribution in [3.63, 3.8) is 0 Å². The first kappa shape index (κ1) is 18.5. The quantitative estimate of drug-likeness (QED) is 0.475. The molecule has 0 radical (unpaired) electrons. The second-order valence-electron chi connectivity index (χ2n) is 7.00. The van der Waals surface area contributed by atoms with Crippen molar-refractivity contribution in [1.29, 1.82) is 0 Å². The number of amides is 1. The van der Waals surface area contributed by atoms with Gasteiger partial charge >= 0.3 is 6.18 Å². The first-order valence-electron chi connectivity index (χ1n) is 8.72. The number of rotatable bonds is 3. The van der Waals surface area contributed by atoms with Gasteiger partial charge in [0, 0.05) is 36.5 Å². The number of hydrogen-bond donors (Lipinski definition) is 2. The summed E-state index contributed by atoms with van der Waals surface area (Å²) in [6.45, 7) is 1.08. The topological polar surface area (TPSA) is 55.8 Å². The lowest BCUT2D eigenvalue weighted by molar-refractivity contribution is -0.137. The minimum absolute atomic E-state index is 0.0250. The molecule has 2 N–H and O–H groups in total. The van der Waals surface area contributed by atoms with Gasteiger partial charge in [-0.25, -0.2) is 9.87 Å². The van der Waals surface area contributed by atoms with E-state index in [2.05, 4.69) is 0 Å². The molecule has 4 rings (SSSR count). The van der Waals surface area contributed by atoms with Crippen LogP contribution in [0.15, 0.2) is 42.5 Å². The molecule has 5 nitrogen and oxygen atoms in total. The normalized spacial score (nSPS) is 21.3. The van der Waals surface area contributed by atoms with Gasteiger partial charge in [-0.15, -0.1) is 0 Å². The Balaban J connectivity index is 1.52. The monoisotopic (exact) mass is 395 g/mol. The van der Waals surface area contributed by atoms with Crippen LogP contribution in [0, 0.1) is 5.82 Å². The molecule has 9 heteroatoms.